The van der Waals surface area contributed by atoms with Crippen molar-refractivity contribution in [2.24, 2.45) is 0 Å². The van der Waals surface area contributed by atoms with Gasteiger partial charge in [-0.05, 0) is 31.9 Å². The molecule has 1 aliphatic carbocycles. The predicted octanol–water partition coefficient (Wildman–Crippen LogP) is 3.85. The maximum atomic E-state index is 12.4. The van der Waals surface area contributed by atoms with Gasteiger partial charge in [-0.25, -0.2) is 14.8 Å². The monoisotopic (exact) mass is 382 g/mol. The molecule has 0 unspecified atom stereocenters. The number of hydrogen-bond donors (Lipinski definition) is 2. The van der Waals surface area contributed by atoms with E-state index in [9.17, 15) is 9.59 Å². The number of para-hydroxylation sites is 1. The van der Waals surface area contributed by atoms with E-state index in [1.807, 2.05) is 0 Å². The molecule has 1 fully saturated rings. The van der Waals surface area contributed by atoms with Crippen LogP contribution in [0.3, 0.4) is 0 Å². The molecular weight excluding hydrogens is 356 g/mol. The summed E-state index contributed by atoms with van der Waals surface area (Å²) in [4.78, 5) is 32.9. The second-order valence-corrected chi connectivity index (χ2v) is 6.85. The van der Waals surface area contributed by atoms with Gasteiger partial charge in [-0.2, -0.15) is 0 Å². The van der Waals surface area contributed by atoms with Crippen LogP contribution in [0.25, 0.3) is 0 Å². The van der Waals surface area contributed by atoms with E-state index in [0.29, 0.717) is 29.4 Å². The van der Waals surface area contributed by atoms with Crippen LogP contribution in [0, 0.1) is 0 Å². The molecule has 1 amide bonds. The number of aromatic nitrogens is 2. The van der Waals surface area contributed by atoms with Crippen molar-refractivity contribution in [1.29, 1.82) is 0 Å². The molecule has 1 aromatic carbocycles. The summed E-state index contributed by atoms with van der Waals surface area (Å²) in [5, 5.41) is 6.09. The fourth-order valence-corrected chi connectivity index (χ4v) is 3.30. The predicted molar refractivity (Wildman–Crippen MR) is 107 cm³/mol. The van der Waals surface area contributed by atoms with Crippen molar-refractivity contribution >= 4 is 23.5 Å². The molecule has 1 saturated carbocycles. The van der Waals surface area contributed by atoms with E-state index < -0.39 is 5.97 Å². The molecule has 1 heterocycles. The van der Waals surface area contributed by atoms with Gasteiger partial charge in [0.2, 0.25) is 5.95 Å². The number of ether oxygens (including phenoxy) is 1. The molecule has 2 N–H and O–H groups in total. The molecule has 0 saturated heterocycles. The summed E-state index contributed by atoms with van der Waals surface area (Å²) in [6.07, 6.45) is 9.83. The fraction of sp³-hybridized carbons (Fsp3) is 0.429. The van der Waals surface area contributed by atoms with E-state index in [-0.39, 0.29) is 11.9 Å². The molecule has 28 heavy (non-hydrogen) atoms. The number of esters is 1. The third kappa shape index (κ3) is 5.28. The molecule has 0 radical (unpaired) electrons. The maximum absolute atomic E-state index is 12.4. The topological polar surface area (TPSA) is 93.2 Å². The van der Waals surface area contributed by atoms with Crippen LogP contribution in [0.4, 0.5) is 11.6 Å². The van der Waals surface area contributed by atoms with Crippen LogP contribution in [-0.2, 0) is 4.74 Å². The van der Waals surface area contributed by atoms with Crippen LogP contribution >= 0.6 is 0 Å². The second kappa shape index (κ2) is 9.82. The summed E-state index contributed by atoms with van der Waals surface area (Å²) in [5.41, 5.74) is 1.38. The lowest BCUT2D eigenvalue weighted by Crippen LogP contribution is -2.34. The fourth-order valence-electron chi connectivity index (χ4n) is 3.30. The van der Waals surface area contributed by atoms with Gasteiger partial charge in [-0.1, -0.05) is 37.8 Å². The Morgan fingerprint density at radius 3 is 2.43 bits per heavy atom. The first-order chi connectivity index (χ1) is 13.7. The van der Waals surface area contributed by atoms with E-state index in [2.05, 4.69) is 20.6 Å². The molecule has 0 bridgehead atoms. The van der Waals surface area contributed by atoms with E-state index in [4.69, 9.17) is 4.74 Å². The quantitative estimate of drug-likeness (QED) is 0.582. The molecule has 2 aromatic rings. The average Bonchev–Trinajstić information content (AvgIpc) is 2.98. The number of amides is 1. The van der Waals surface area contributed by atoms with Crippen molar-refractivity contribution in [3.05, 3.63) is 47.8 Å². The van der Waals surface area contributed by atoms with Crippen LogP contribution in [0.2, 0.25) is 0 Å². The van der Waals surface area contributed by atoms with Gasteiger partial charge in [-0.3, -0.25) is 4.79 Å². The lowest BCUT2D eigenvalue weighted by atomic mass is 10.1. The summed E-state index contributed by atoms with van der Waals surface area (Å²) in [7, 11) is 0. The number of nitrogens with zero attached hydrogens (tertiary/aromatic N) is 2. The Balaban J connectivity index is 1.65. The minimum atomic E-state index is -0.412. The number of carbonyl (C=O) groups is 2. The summed E-state index contributed by atoms with van der Waals surface area (Å²) < 4.78 is 5.07. The van der Waals surface area contributed by atoms with Gasteiger partial charge in [0.25, 0.3) is 5.91 Å². The highest BCUT2D eigenvalue weighted by molar-refractivity contribution is 5.96. The van der Waals surface area contributed by atoms with Gasteiger partial charge in [0, 0.05) is 18.4 Å². The smallest absolute Gasteiger partial charge is 0.340 e. The zero-order valence-corrected chi connectivity index (χ0v) is 16.1. The highest BCUT2D eigenvalue weighted by Gasteiger charge is 2.17. The zero-order chi connectivity index (χ0) is 19.8. The molecule has 1 aromatic heterocycles. The van der Waals surface area contributed by atoms with Gasteiger partial charge in [-0.15, -0.1) is 0 Å². The first-order valence-corrected chi connectivity index (χ1v) is 9.83. The molecule has 148 valence electrons. The number of hydrogen-bond acceptors (Lipinski definition) is 6. The maximum Gasteiger partial charge on any atom is 0.340 e. The van der Waals surface area contributed by atoms with Gasteiger partial charge in [0.15, 0.2) is 0 Å². The average molecular weight is 382 g/mol. The van der Waals surface area contributed by atoms with Crippen molar-refractivity contribution in [3.63, 3.8) is 0 Å². The SMILES string of the molecule is CCOC(=O)c1ccccc1Nc1ncc(C(=O)NC2CCCCCC2)cn1. The van der Waals surface area contributed by atoms with Crippen LogP contribution in [0.5, 0.6) is 0 Å². The lowest BCUT2D eigenvalue weighted by molar-refractivity contribution is 0.0527. The van der Waals surface area contributed by atoms with Crippen molar-refractivity contribution in [1.82, 2.24) is 15.3 Å². The van der Waals surface area contributed by atoms with Crippen molar-refractivity contribution in [3.8, 4) is 0 Å². The van der Waals surface area contributed by atoms with Crippen molar-refractivity contribution < 1.29 is 14.3 Å². The number of anilines is 2. The molecule has 7 nitrogen and oxygen atoms in total. The number of nitrogens with one attached hydrogen (secondary N) is 2. The molecule has 0 spiro atoms. The van der Waals surface area contributed by atoms with Crippen LogP contribution in [0.1, 0.15) is 66.2 Å². The van der Waals surface area contributed by atoms with Gasteiger partial charge >= 0.3 is 5.97 Å². The Morgan fingerprint density at radius 1 is 1.07 bits per heavy atom. The number of benzene rings is 1. The Hall–Kier alpha value is -2.96. The largest absolute Gasteiger partial charge is 0.462 e. The Morgan fingerprint density at radius 2 is 1.75 bits per heavy atom. The second-order valence-electron chi connectivity index (χ2n) is 6.85. The van der Waals surface area contributed by atoms with Crippen LogP contribution < -0.4 is 10.6 Å². The highest BCUT2D eigenvalue weighted by Crippen LogP contribution is 2.20. The third-order valence-corrected chi connectivity index (χ3v) is 4.77. The zero-order valence-electron chi connectivity index (χ0n) is 16.1. The van der Waals surface area contributed by atoms with E-state index in [1.165, 1.54) is 25.2 Å². The Bertz CT molecular complexity index is 800. The minimum absolute atomic E-state index is 0.148. The number of carbonyl (C=O) groups excluding carboxylic acids is 2. The molecule has 3 rings (SSSR count). The van der Waals surface area contributed by atoms with Crippen LogP contribution in [-0.4, -0.2) is 34.5 Å². The molecule has 0 aliphatic heterocycles. The van der Waals surface area contributed by atoms with E-state index >= 15 is 0 Å². The molecule has 0 atom stereocenters. The summed E-state index contributed by atoms with van der Waals surface area (Å²) in [6, 6.07) is 7.22. The number of rotatable bonds is 6. The van der Waals surface area contributed by atoms with Crippen LogP contribution in [0.15, 0.2) is 36.7 Å². The van der Waals surface area contributed by atoms with E-state index in [0.717, 1.165) is 25.7 Å². The Labute approximate surface area is 164 Å². The summed E-state index contributed by atoms with van der Waals surface area (Å²) in [5.74, 6) is -0.252. The highest BCUT2D eigenvalue weighted by atomic mass is 16.5. The molecular formula is C21H26N4O3. The third-order valence-electron chi connectivity index (χ3n) is 4.77. The minimum Gasteiger partial charge on any atom is -0.462 e. The molecule has 1 aliphatic rings. The summed E-state index contributed by atoms with van der Waals surface area (Å²) in [6.45, 7) is 2.06. The van der Waals surface area contributed by atoms with E-state index in [1.54, 1.807) is 31.2 Å². The van der Waals surface area contributed by atoms with Gasteiger partial charge in [0.05, 0.1) is 23.4 Å². The first-order valence-electron chi connectivity index (χ1n) is 9.83. The van der Waals surface area contributed by atoms with Gasteiger partial charge < -0.3 is 15.4 Å². The first kappa shape index (κ1) is 19.8. The van der Waals surface area contributed by atoms with Crippen molar-refractivity contribution in [2.45, 2.75) is 51.5 Å². The summed E-state index contributed by atoms with van der Waals surface area (Å²) >= 11 is 0. The lowest BCUT2D eigenvalue weighted by Gasteiger charge is -2.16. The van der Waals surface area contributed by atoms with Crippen molar-refractivity contribution in [2.75, 3.05) is 11.9 Å². The Kier molecular flexibility index (Phi) is 6.94. The standard InChI is InChI=1S/C21H26N4O3/c1-2-28-20(27)17-11-7-8-12-18(17)25-21-22-13-15(14-23-21)19(26)24-16-9-5-3-4-6-10-16/h7-8,11-14,16H,2-6,9-10H2,1H3,(H,24,26)(H,22,23,25). The molecule has 7 heteroatoms. The normalized spacial score (nSPS) is 14.8. The van der Waals surface area contributed by atoms with Gasteiger partial charge in [0.1, 0.15) is 0 Å².